The fourth-order valence-electron chi connectivity index (χ4n) is 4.24. The first kappa shape index (κ1) is 19.8. The van der Waals surface area contributed by atoms with E-state index in [-0.39, 0.29) is 11.9 Å². The lowest BCUT2D eigenvalue weighted by molar-refractivity contribution is 0.211. The van der Waals surface area contributed by atoms with E-state index in [1.54, 1.807) is 11.6 Å². The summed E-state index contributed by atoms with van der Waals surface area (Å²) in [5, 5.41) is 15.4. The number of benzene rings is 2. The van der Waals surface area contributed by atoms with Gasteiger partial charge in [-0.3, -0.25) is 4.90 Å². The summed E-state index contributed by atoms with van der Waals surface area (Å²) in [7, 11) is 1.68. The third-order valence-electron chi connectivity index (χ3n) is 5.76. The number of rotatable bonds is 5. The summed E-state index contributed by atoms with van der Waals surface area (Å²) < 4.78 is 7.02. The Kier molecular flexibility index (Phi) is 5.25. The number of anilines is 1. The number of methoxy groups -OCH3 is 1. The molecule has 3 heterocycles. The van der Waals surface area contributed by atoms with Crippen molar-refractivity contribution in [1.29, 1.82) is 0 Å². The van der Waals surface area contributed by atoms with Gasteiger partial charge in [0.15, 0.2) is 0 Å². The second kappa shape index (κ2) is 8.20. The van der Waals surface area contributed by atoms with E-state index in [2.05, 4.69) is 56.3 Å². The lowest BCUT2D eigenvalue weighted by atomic mass is 10.0. The van der Waals surface area contributed by atoms with Crippen molar-refractivity contribution < 1.29 is 9.84 Å². The molecule has 1 unspecified atom stereocenters. The van der Waals surface area contributed by atoms with Gasteiger partial charge in [-0.1, -0.05) is 41.7 Å². The zero-order valence-corrected chi connectivity index (χ0v) is 18.4. The van der Waals surface area contributed by atoms with E-state index < -0.39 is 0 Å². The number of hydrogen-bond donors (Lipinski definition) is 1. The molecule has 0 radical (unpaired) electrons. The Morgan fingerprint density at radius 3 is 2.52 bits per heavy atom. The highest BCUT2D eigenvalue weighted by Gasteiger charge is 2.32. The first-order chi connectivity index (χ1) is 15.1. The van der Waals surface area contributed by atoms with E-state index in [1.165, 1.54) is 17.0 Å². The number of fused-ring (bicyclic) bond motifs is 1. The zero-order chi connectivity index (χ0) is 21.4. The molecule has 0 aliphatic carbocycles. The molecule has 1 N–H and O–H groups in total. The summed E-state index contributed by atoms with van der Waals surface area (Å²) in [6.07, 6.45) is 0. The SMILES string of the molecule is COc1cccc(C(c2sc3nc(C)nn3c2O)N2CCN(c3ccccc3)CC2)c1. The minimum Gasteiger partial charge on any atom is -0.497 e. The van der Waals surface area contributed by atoms with E-state index in [1.807, 2.05) is 25.1 Å². The number of aromatic hydroxyl groups is 1. The molecule has 1 atom stereocenters. The van der Waals surface area contributed by atoms with Crippen LogP contribution in [0.4, 0.5) is 5.69 Å². The lowest BCUT2D eigenvalue weighted by Gasteiger charge is -2.40. The first-order valence-corrected chi connectivity index (χ1v) is 11.2. The molecule has 0 bridgehead atoms. The molecule has 160 valence electrons. The number of aryl methyl sites for hydroxylation is 1. The first-order valence-electron chi connectivity index (χ1n) is 10.4. The van der Waals surface area contributed by atoms with Gasteiger partial charge in [-0.05, 0) is 36.8 Å². The molecule has 2 aromatic carbocycles. The fourth-order valence-corrected chi connectivity index (χ4v) is 5.41. The molecular weight excluding hydrogens is 410 g/mol. The van der Waals surface area contributed by atoms with Crippen LogP contribution in [0.25, 0.3) is 4.96 Å². The Bertz CT molecular complexity index is 1180. The molecule has 5 rings (SSSR count). The third-order valence-corrected chi connectivity index (χ3v) is 6.84. The van der Waals surface area contributed by atoms with Crippen LogP contribution >= 0.6 is 11.3 Å². The van der Waals surface area contributed by atoms with E-state index >= 15 is 0 Å². The molecule has 8 heteroatoms. The number of thiazole rings is 1. The van der Waals surface area contributed by atoms with Gasteiger partial charge in [-0.25, -0.2) is 4.98 Å². The Labute approximate surface area is 185 Å². The molecule has 2 aromatic heterocycles. The average molecular weight is 436 g/mol. The van der Waals surface area contributed by atoms with Crippen LogP contribution in [0.5, 0.6) is 11.6 Å². The maximum atomic E-state index is 11.0. The fraction of sp³-hybridized carbons (Fsp3) is 0.304. The van der Waals surface area contributed by atoms with Crippen molar-refractivity contribution in [2.24, 2.45) is 0 Å². The molecule has 1 aliphatic heterocycles. The highest BCUT2D eigenvalue weighted by atomic mass is 32.1. The van der Waals surface area contributed by atoms with E-state index in [9.17, 15) is 5.11 Å². The van der Waals surface area contributed by atoms with E-state index in [0.717, 1.165) is 42.4 Å². The quantitative estimate of drug-likeness (QED) is 0.515. The minimum atomic E-state index is -0.0955. The number of ether oxygens (including phenoxy) is 1. The van der Waals surface area contributed by atoms with Crippen molar-refractivity contribution in [2.75, 3.05) is 38.2 Å². The summed E-state index contributed by atoms with van der Waals surface area (Å²) in [6.45, 7) is 5.43. The predicted octanol–water partition coefficient (Wildman–Crippen LogP) is 3.73. The highest BCUT2D eigenvalue weighted by molar-refractivity contribution is 7.17. The van der Waals surface area contributed by atoms with E-state index in [0.29, 0.717) is 10.8 Å². The van der Waals surface area contributed by atoms with Crippen LogP contribution in [0, 0.1) is 6.92 Å². The Hall–Kier alpha value is -3.10. The predicted molar refractivity (Wildman–Crippen MR) is 122 cm³/mol. The molecule has 4 aromatic rings. The van der Waals surface area contributed by atoms with Crippen LogP contribution in [0.2, 0.25) is 0 Å². The molecule has 1 fully saturated rings. The van der Waals surface area contributed by atoms with Gasteiger partial charge < -0.3 is 14.7 Å². The Morgan fingerprint density at radius 2 is 1.81 bits per heavy atom. The second-order valence-electron chi connectivity index (χ2n) is 7.68. The van der Waals surface area contributed by atoms with Gasteiger partial charge in [0.1, 0.15) is 11.6 Å². The number of piperazine rings is 1. The molecule has 0 saturated carbocycles. The summed E-state index contributed by atoms with van der Waals surface area (Å²) in [6, 6.07) is 18.5. The van der Waals surface area contributed by atoms with Crippen molar-refractivity contribution in [3.05, 3.63) is 70.9 Å². The maximum absolute atomic E-state index is 11.0. The maximum Gasteiger partial charge on any atom is 0.230 e. The number of aromatic nitrogens is 3. The van der Waals surface area contributed by atoms with Crippen molar-refractivity contribution in [2.45, 2.75) is 13.0 Å². The van der Waals surface area contributed by atoms with Gasteiger partial charge in [0, 0.05) is 31.9 Å². The molecule has 0 amide bonds. The minimum absolute atomic E-state index is 0.0955. The summed E-state index contributed by atoms with van der Waals surface area (Å²) in [5.41, 5.74) is 2.33. The van der Waals surface area contributed by atoms with Crippen LogP contribution in [-0.4, -0.2) is 57.9 Å². The van der Waals surface area contributed by atoms with Crippen LogP contribution in [0.15, 0.2) is 54.6 Å². The average Bonchev–Trinajstić information content (AvgIpc) is 3.32. The van der Waals surface area contributed by atoms with Crippen molar-refractivity contribution in [3.63, 3.8) is 0 Å². The molecule has 1 saturated heterocycles. The van der Waals surface area contributed by atoms with Gasteiger partial charge in [0.05, 0.1) is 18.0 Å². The monoisotopic (exact) mass is 435 g/mol. The van der Waals surface area contributed by atoms with Crippen LogP contribution < -0.4 is 9.64 Å². The largest absolute Gasteiger partial charge is 0.497 e. The van der Waals surface area contributed by atoms with Crippen molar-refractivity contribution in [3.8, 4) is 11.6 Å². The number of para-hydroxylation sites is 1. The third kappa shape index (κ3) is 3.73. The summed E-state index contributed by atoms with van der Waals surface area (Å²) >= 11 is 1.50. The normalized spacial score (nSPS) is 16.0. The molecule has 31 heavy (non-hydrogen) atoms. The number of nitrogens with zero attached hydrogens (tertiary/aromatic N) is 5. The van der Waals surface area contributed by atoms with Crippen LogP contribution in [0.1, 0.15) is 22.3 Å². The van der Waals surface area contributed by atoms with Gasteiger partial charge in [-0.15, -0.1) is 5.10 Å². The Balaban J connectivity index is 1.50. The van der Waals surface area contributed by atoms with Gasteiger partial charge in [0.2, 0.25) is 10.8 Å². The van der Waals surface area contributed by atoms with E-state index in [4.69, 9.17) is 4.74 Å². The summed E-state index contributed by atoms with van der Waals surface area (Å²) in [4.78, 5) is 10.9. The molecule has 7 nitrogen and oxygen atoms in total. The standard InChI is InChI=1S/C23H25N5O2S/c1-16-24-23-28(25-16)22(29)21(31-23)20(17-7-6-10-19(15-17)30-2)27-13-11-26(12-14-27)18-8-4-3-5-9-18/h3-10,15,20,29H,11-14H2,1-2H3. The lowest BCUT2D eigenvalue weighted by Crippen LogP contribution is -2.47. The van der Waals surface area contributed by atoms with Gasteiger partial charge in [0.25, 0.3) is 0 Å². The highest BCUT2D eigenvalue weighted by Crippen LogP contribution is 2.41. The smallest absolute Gasteiger partial charge is 0.230 e. The van der Waals surface area contributed by atoms with Gasteiger partial charge in [-0.2, -0.15) is 4.52 Å². The van der Waals surface area contributed by atoms with Crippen LogP contribution in [-0.2, 0) is 0 Å². The number of hydrogen-bond acceptors (Lipinski definition) is 7. The zero-order valence-electron chi connectivity index (χ0n) is 17.6. The summed E-state index contributed by atoms with van der Waals surface area (Å²) in [5.74, 6) is 1.63. The molecular formula is C23H25N5O2S. The second-order valence-corrected chi connectivity index (χ2v) is 8.69. The van der Waals surface area contributed by atoms with Crippen LogP contribution in [0.3, 0.4) is 0 Å². The Morgan fingerprint density at radius 1 is 1.03 bits per heavy atom. The molecule has 1 aliphatic rings. The van der Waals surface area contributed by atoms with Crippen molar-refractivity contribution in [1.82, 2.24) is 19.5 Å². The topological polar surface area (TPSA) is 66.1 Å². The molecule has 0 spiro atoms. The van der Waals surface area contributed by atoms with Gasteiger partial charge >= 0.3 is 0 Å². The van der Waals surface area contributed by atoms with Crippen molar-refractivity contribution >= 4 is 22.0 Å².